The van der Waals surface area contributed by atoms with Gasteiger partial charge in [0.05, 0.1) is 5.92 Å². The number of carbonyl (C=O) groups excluding carboxylic acids is 1. The predicted molar refractivity (Wildman–Crippen MR) is 65.1 cm³/mol. The van der Waals surface area contributed by atoms with E-state index in [4.69, 9.17) is 0 Å². The first kappa shape index (κ1) is 11.9. The molecule has 1 N–H and O–H groups in total. The molecule has 1 amide bonds. The fourth-order valence-electron chi connectivity index (χ4n) is 3.05. The van der Waals surface area contributed by atoms with Crippen LogP contribution in [0.4, 0.5) is 0 Å². The number of hydrogen-bond acceptors (Lipinski definition) is 2. The van der Waals surface area contributed by atoms with Gasteiger partial charge in [0.2, 0.25) is 5.91 Å². The van der Waals surface area contributed by atoms with Crippen molar-refractivity contribution in [2.75, 3.05) is 13.1 Å². The van der Waals surface area contributed by atoms with E-state index in [-0.39, 0.29) is 5.92 Å². The van der Waals surface area contributed by atoms with E-state index in [2.05, 4.69) is 31.0 Å². The topological polar surface area (TPSA) is 32.3 Å². The molecule has 2 aliphatic rings. The molecule has 0 spiro atoms. The molecule has 92 valence electrons. The van der Waals surface area contributed by atoms with Crippen LogP contribution in [0.5, 0.6) is 0 Å². The minimum Gasteiger partial charge on any atom is -0.339 e. The Morgan fingerprint density at radius 2 is 2.00 bits per heavy atom. The molecule has 3 heteroatoms. The Bertz CT molecular complexity index is 259. The number of hydrogen-bond donors (Lipinski definition) is 1. The molecule has 3 nitrogen and oxygen atoms in total. The van der Waals surface area contributed by atoms with Crippen molar-refractivity contribution in [1.82, 2.24) is 10.2 Å². The van der Waals surface area contributed by atoms with Gasteiger partial charge < -0.3 is 10.2 Å². The molecular weight excluding hydrogens is 200 g/mol. The van der Waals surface area contributed by atoms with Gasteiger partial charge in [-0.1, -0.05) is 6.92 Å². The van der Waals surface area contributed by atoms with Gasteiger partial charge in [-0.2, -0.15) is 0 Å². The highest BCUT2D eigenvalue weighted by molar-refractivity contribution is 5.79. The van der Waals surface area contributed by atoms with Gasteiger partial charge in [0.15, 0.2) is 0 Å². The number of nitrogens with one attached hydrogen (secondary N) is 1. The van der Waals surface area contributed by atoms with E-state index >= 15 is 0 Å². The summed E-state index contributed by atoms with van der Waals surface area (Å²) in [6, 6.07) is 1.03. The van der Waals surface area contributed by atoms with Gasteiger partial charge in [0.1, 0.15) is 0 Å². The van der Waals surface area contributed by atoms with Crippen molar-refractivity contribution in [3.63, 3.8) is 0 Å². The molecule has 0 saturated carbocycles. The number of likely N-dealkylation sites (tertiary alicyclic amines) is 1. The van der Waals surface area contributed by atoms with Crippen molar-refractivity contribution in [1.29, 1.82) is 0 Å². The highest BCUT2D eigenvalue weighted by Gasteiger charge is 2.34. The van der Waals surface area contributed by atoms with Crippen molar-refractivity contribution in [2.24, 2.45) is 11.8 Å². The van der Waals surface area contributed by atoms with Gasteiger partial charge >= 0.3 is 0 Å². The van der Waals surface area contributed by atoms with E-state index in [1.54, 1.807) is 0 Å². The minimum atomic E-state index is 0.226. The van der Waals surface area contributed by atoms with Crippen LogP contribution in [0.1, 0.15) is 40.0 Å². The van der Waals surface area contributed by atoms with E-state index < -0.39 is 0 Å². The summed E-state index contributed by atoms with van der Waals surface area (Å²) in [6.45, 7) is 8.45. The Labute approximate surface area is 98.6 Å². The molecule has 4 atom stereocenters. The first-order chi connectivity index (χ1) is 7.58. The van der Waals surface area contributed by atoms with Crippen LogP contribution >= 0.6 is 0 Å². The molecule has 2 saturated heterocycles. The van der Waals surface area contributed by atoms with Crippen LogP contribution in [0.2, 0.25) is 0 Å². The van der Waals surface area contributed by atoms with Crippen molar-refractivity contribution in [3.8, 4) is 0 Å². The zero-order valence-electron chi connectivity index (χ0n) is 10.7. The standard InChI is InChI=1S/C13H24N2O/c1-9-6-11(3)15(8-9)13(16)12-5-4-10(2)14-7-12/h9-12,14H,4-8H2,1-3H3. The molecule has 2 rings (SSSR count). The predicted octanol–water partition coefficient (Wildman–Crippen LogP) is 1.63. The summed E-state index contributed by atoms with van der Waals surface area (Å²) in [6.07, 6.45) is 3.36. The second-order valence-electron chi connectivity index (χ2n) is 5.76. The maximum Gasteiger partial charge on any atom is 0.227 e. The molecule has 4 unspecified atom stereocenters. The largest absolute Gasteiger partial charge is 0.339 e. The molecule has 2 aliphatic heterocycles. The first-order valence-corrected chi connectivity index (χ1v) is 6.61. The molecule has 0 aromatic rings. The van der Waals surface area contributed by atoms with E-state index in [1.807, 2.05) is 0 Å². The summed E-state index contributed by atoms with van der Waals surface area (Å²) < 4.78 is 0. The fourth-order valence-corrected chi connectivity index (χ4v) is 3.05. The minimum absolute atomic E-state index is 0.226. The van der Waals surface area contributed by atoms with Gasteiger partial charge in [-0.05, 0) is 39.0 Å². The van der Waals surface area contributed by atoms with Crippen molar-refractivity contribution >= 4 is 5.91 Å². The van der Waals surface area contributed by atoms with Gasteiger partial charge in [0, 0.05) is 25.2 Å². The molecule has 0 bridgehead atoms. The van der Waals surface area contributed by atoms with Crippen LogP contribution in [0.15, 0.2) is 0 Å². The average molecular weight is 224 g/mol. The lowest BCUT2D eigenvalue weighted by molar-refractivity contribution is -0.136. The van der Waals surface area contributed by atoms with Gasteiger partial charge in [-0.15, -0.1) is 0 Å². The molecule has 0 aromatic carbocycles. The van der Waals surface area contributed by atoms with Gasteiger partial charge in [-0.25, -0.2) is 0 Å². The molecule has 0 aliphatic carbocycles. The zero-order chi connectivity index (χ0) is 11.7. The molecule has 16 heavy (non-hydrogen) atoms. The Balaban J connectivity index is 1.92. The lowest BCUT2D eigenvalue weighted by atomic mass is 9.94. The molecule has 2 heterocycles. The highest BCUT2D eigenvalue weighted by Crippen LogP contribution is 2.26. The summed E-state index contributed by atoms with van der Waals surface area (Å²) in [5, 5.41) is 3.41. The van der Waals surface area contributed by atoms with Gasteiger partial charge in [0.25, 0.3) is 0 Å². The number of carbonyl (C=O) groups is 1. The lowest BCUT2D eigenvalue weighted by Crippen LogP contribution is -2.46. The average Bonchev–Trinajstić information content (AvgIpc) is 2.58. The summed E-state index contributed by atoms with van der Waals surface area (Å²) in [7, 11) is 0. The first-order valence-electron chi connectivity index (χ1n) is 6.61. The molecule has 0 radical (unpaired) electrons. The van der Waals surface area contributed by atoms with E-state index in [1.165, 1.54) is 6.42 Å². The second kappa shape index (κ2) is 4.74. The molecular formula is C13H24N2O. The third kappa shape index (κ3) is 2.40. The highest BCUT2D eigenvalue weighted by atomic mass is 16.2. The molecule has 2 fully saturated rings. The normalized spacial score (nSPS) is 40.1. The quantitative estimate of drug-likeness (QED) is 0.734. The molecule has 0 aromatic heterocycles. The van der Waals surface area contributed by atoms with E-state index in [9.17, 15) is 4.79 Å². The maximum absolute atomic E-state index is 12.3. The summed E-state index contributed by atoms with van der Waals surface area (Å²) >= 11 is 0. The number of piperidine rings is 1. The summed E-state index contributed by atoms with van der Waals surface area (Å²) in [5.41, 5.74) is 0. The number of amides is 1. The fraction of sp³-hybridized carbons (Fsp3) is 0.923. The van der Waals surface area contributed by atoms with Crippen LogP contribution in [-0.4, -0.2) is 36.0 Å². The number of nitrogens with zero attached hydrogens (tertiary/aromatic N) is 1. The van der Waals surface area contributed by atoms with Gasteiger partial charge in [-0.3, -0.25) is 4.79 Å². The van der Waals surface area contributed by atoms with Crippen LogP contribution in [0, 0.1) is 11.8 Å². The van der Waals surface area contributed by atoms with Crippen LogP contribution in [0.25, 0.3) is 0 Å². The third-order valence-electron chi connectivity index (χ3n) is 4.08. The second-order valence-corrected chi connectivity index (χ2v) is 5.76. The summed E-state index contributed by atoms with van der Waals surface area (Å²) in [5.74, 6) is 1.29. The maximum atomic E-state index is 12.3. The smallest absolute Gasteiger partial charge is 0.227 e. The van der Waals surface area contributed by atoms with Crippen LogP contribution < -0.4 is 5.32 Å². The van der Waals surface area contributed by atoms with Crippen molar-refractivity contribution in [2.45, 2.75) is 52.1 Å². The van der Waals surface area contributed by atoms with E-state index in [0.29, 0.717) is 23.9 Å². The van der Waals surface area contributed by atoms with Crippen LogP contribution in [-0.2, 0) is 4.79 Å². The van der Waals surface area contributed by atoms with E-state index in [0.717, 1.165) is 25.9 Å². The van der Waals surface area contributed by atoms with Crippen LogP contribution in [0.3, 0.4) is 0 Å². The third-order valence-corrected chi connectivity index (χ3v) is 4.08. The Morgan fingerprint density at radius 1 is 1.25 bits per heavy atom. The Kier molecular flexibility index (Phi) is 3.53. The SMILES string of the molecule is CC1CC(C)N(C(=O)C2CCC(C)NC2)C1. The Morgan fingerprint density at radius 3 is 2.50 bits per heavy atom. The lowest BCUT2D eigenvalue weighted by Gasteiger charge is -2.31. The number of rotatable bonds is 1. The monoisotopic (exact) mass is 224 g/mol. The zero-order valence-corrected chi connectivity index (χ0v) is 10.7. The Hall–Kier alpha value is -0.570. The van der Waals surface area contributed by atoms with Crippen molar-refractivity contribution < 1.29 is 4.79 Å². The van der Waals surface area contributed by atoms with Crippen molar-refractivity contribution in [3.05, 3.63) is 0 Å². The summed E-state index contributed by atoms with van der Waals surface area (Å²) in [4.78, 5) is 14.5.